The van der Waals surface area contributed by atoms with Crippen LogP contribution in [0.15, 0.2) is 152 Å². The third-order valence-electron chi connectivity index (χ3n) is 9.62. The van der Waals surface area contributed by atoms with Gasteiger partial charge in [0.05, 0.1) is 62.7 Å². The van der Waals surface area contributed by atoms with Gasteiger partial charge >= 0.3 is 0 Å². The van der Waals surface area contributed by atoms with Crippen molar-refractivity contribution in [3.8, 4) is 51.8 Å². The fraction of sp³-hybridized carbons (Fsp3) is 0. The first-order valence-electron chi connectivity index (χ1n) is 16.3. The van der Waals surface area contributed by atoms with Crippen molar-refractivity contribution in [1.82, 2.24) is 9.13 Å². The lowest BCUT2D eigenvalue weighted by Crippen LogP contribution is -1.99. The Morgan fingerprint density at radius 3 is 1.60 bits per heavy atom. The summed E-state index contributed by atoms with van der Waals surface area (Å²) in [6.45, 7) is 0. The van der Waals surface area contributed by atoms with E-state index in [4.69, 9.17) is 0 Å². The van der Waals surface area contributed by atoms with Gasteiger partial charge in [-0.15, -0.1) is 0 Å². The van der Waals surface area contributed by atoms with Crippen molar-refractivity contribution in [2.45, 2.75) is 0 Å². The van der Waals surface area contributed by atoms with E-state index >= 15 is 0 Å². The van der Waals surface area contributed by atoms with E-state index in [0.717, 1.165) is 66.5 Å². The average Bonchev–Trinajstić information content (AvgIpc) is 3.69. The van der Waals surface area contributed by atoms with E-state index < -0.39 is 0 Å². The monoisotopic (exact) mass is 635 g/mol. The zero-order valence-electron chi connectivity index (χ0n) is 26.7. The molecule has 0 fully saturated rings. The number of hydrogen-bond acceptors (Lipinski definition) is 3. The van der Waals surface area contributed by atoms with Gasteiger partial charge < -0.3 is 9.13 Å². The number of hydrogen-bond donors (Lipinski definition) is 0. The van der Waals surface area contributed by atoms with E-state index in [9.17, 15) is 15.8 Å². The van der Waals surface area contributed by atoms with Crippen LogP contribution in [0.25, 0.3) is 77.2 Å². The SMILES string of the molecule is N#Cc1ccc2c(c1)c1cc(C#N)ccc1n2-c1ccccc1-c1cc(-c2cccc(-n3c4ccccc4c4ccccc43)c2)ccc1C#N. The van der Waals surface area contributed by atoms with Crippen LogP contribution in [-0.4, -0.2) is 9.13 Å². The molecule has 0 spiro atoms. The van der Waals surface area contributed by atoms with E-state index in [1.807, 2.05) is 60.7 Å². The Hall–Kier alpha value is -7.39. The molecule has 2 aromatic heterocycles. The molecule has 5 nitrogen and oxygen atoms in total. The molecule has 2 heterocycles. The molecule has 0 unspecified atom stereocenters. The fourth-order valence-electron chi connectivity index (χ4n) is 7.39. The third-order valence-corrected chi connectivity index (χ3v) is 9.62. The van der Waals surface area contributed by atoms with Crippen molar-refractivity contribution in [2.24, 2.45) is 0 Å². The van der Waals surface area contributed by atoms with Crippen LogP contribution in [0.1, 0.15) is 16.7 Å². The Labute approximate surface area is 287 Å². The number of nitrogens with zero attached hydrogens (tertiary/aromatic N) is 5. The van der Waals surface area contributed by atoms with Crippen LogP contribution < -0.4 is 0 Å². The molecule has 5 heteroatoms. The van der Waals surface area contributed by atoms with E-state index in [1.165, 1.54) is 10.8 Å². The highest BCUT2D eigenvalue weighted by Gasteiger charge is 2.19. The highest BCUT2D eigenvalue weighted by molar-refractivity contribution is 6.11. The summed E-state index contributed by atoms with van der Waals surface area (Å²) in [6.07, 6.45) is 0. The molecule has 7 aromatic carbocycles. The Morgan fingerprint density at radius 1 is 0.380 bits per heavy atom. The summed E-state index contributed by atoms with van der Waals surface area (Å²) in [5, 5.41) is 33.9. The van der Waals surface area contributed by atoms with Gasteiger partial charge in [0.15, 0.2) is 0 Å². The lowest BCUT2D eigenvalue weighted by atomic mass is 9.93. The first-order valence-corrected chi connectivity index (χ1v) is 16.3. The second-order valence-electron chi connectivity index (χ2n) is 12.3. The lowest BCUT2D eigenvalue weighted by Gasteiger charge is -2.16. The van der Waals surface area contributed by atoms with Crippen molar-refractivity contribution >= 4 is 43.6 Å². The van der Waals surface area contributed by atoms with Gasteiger partial charge in [0.1, 0.15) is 0 Å². The predicted molar refractivity (Wildman–Crippen MR) is 200 cm³/mol. The van der Waals surface area contributed by atoms with Gasteiger partial charge in [-0.1, -0.05) is 72.8 Å². The molecule has 0 radical (unpaired) electrons. The van der Waals surface area contributed by atoms with Gasteiger partial charge in [0.2, 0.25) is 0 Å². The minimum absolute atomic E-state index is 0.551. The van der Waals surface area contributed by atoms with Crippen molar-refractivity contribution in [3.05, 3.63) is 168 Å². The van der Waals surface area contributed by atoms with Crippen molar-refractivity contribution in [3.63, 3.8) is 0 Å². The minimum atomic E-state index is 0.551. The van der Waals surface area contributed by atoms with E-state index in [1.54, 1.807) is 0 Å². The van der Waals surface area contributed by atoms with Gasteiger partial charge in [0, 0.05) is 38.4 Å². The molecular formula is C45H25N5. The van der Waals surface area contributed by atoms with Crippen LogP contribution in [0.2, 0.25) is 0 Å². The summed E-state index contributed by atoms with van der Waals surface area (Å²) < 4.78 is 4.48. The van der Waals surface area contributed by atoms with Gasteiger partial charge in [-0.3, -0.25) is 0 Å². The Kier molecular flexibility index (Phi) is 6.56. The van der Waals surface area contributed by atoms with Gasteiger partial charge in [-0.25, -0.2) is 0 Å². The van der Waals surface area contributed by atoms with Crippen molar-refractivity contribution in [1.29, 1.82) is 15.8 Å². The quantitative estimate of drug-likeness (QED) is 0.193. The summed E-state index contributed by atoms with van der Waals surface area (Å²) in [5.41, 5.74) is 11.5. The van der Waals surface area contributed by atoms with E-state index in [0.29, 0.717) is 16.7 Å². The molecule has 230 valence electrons. The smallest absolute Gasteiger partial charge is 0.0998 e. The summed E-state index contributed by atoms with van der Waals surface area (Å²) in [4.78, 5) is 0. The molecular weight excluding hydrogens is 611 g/mol. The Morgan fingerprint density at radius 2 is 0.960 bits per heavy atom. The summed E-state index contributed by atoms with van der Waals surface area (Å²) >= 11 is 0. The van der Waals surface area contributed by atoms with Crippen LogP contribution in [0.4, 0.5) is 0 Å². The predicted octanol–water partition coefficient (Wildman–Crippen LogP) is 10.8. The highest BCUT2D eigenvalue weighted by Crippen LogP contribution is 2.39. The summed E-state index contributed by atoms with van der Waals surface area (Å²) in [7, 11) is 0. The second-order valence-corrected chi connectivity index (χ2v) is 12.3. The molecule has 0 aliphatic heterocycles. The maximum atomic E-state index is 10.4. The standard InChI is InChI=1S/C45H25N5/c46-26-29-16-20-44-39(22-29)40-23-30(27-47)17-21-45(40)50(44)43-15-6-3-12-37(43)38-25-32(18-19-33(38)28-48)31-8-7-9-34(24-31)49-41-13-4-1-10-35(41)36-11-2-5-14-42(36)49/h1-25H. The zero-order chi connectivity index (χ0) is 33.8. The molecule has 9 aromatic rings. The maximum Gasteiger partial charge on any atom is 0.0998 e. The van der Waals surface area contributed by atoms with Crippen LogP contribution in [0, 0.1) is 34.0 Å². The normalized spacial score (nSPS) is 11.1. The molecule has 0 atom stereocenters. The van der Waals surface area contributed by atoms with Crippen LogP contribution >= 0.6 is 0 Å². The van der Waals surface area contributed by atoms with Gasteiger partial charge in [-0.05, 0) is 90.0 Å². The topological polar surface area (TPSA) is 81.2 Å². The number of benzene rings is 7. The molecule has 9 rings (SSSR count). The van der Waals surface area contributed by atoms with Crippen LogP contribution in [-0.2, 0) is 0 Å². The first kappa shape index (κ1) is 28.8. The fourth-order valence-corrected chi connectivity index (χ4v) is 7.39. The maximum absolute atomic E-state index is 10.4. The number of para-hydroxylation sites is 3. The minimum Gasteiger partial charge on any atom is -0.309 e. The summed E-state index contributed by atoms with van der Waals surface area (Å²) in [5.74, 6) is 0. The number of fused-ring (bicyclic) bond motifs is 6. The molecule has 50 heavy (non-hydrogen) atoms. The summed E-state index contributed by atoms with van der Waals surface area (Å²) in [6, 6.07) is 57.9. The van der Waals surface area contributed by atoms with E-state index in [-0.39, 0.29) is 0 Å². The lowest BCUT2D eigenvalue weighted by molar-refractivity contribution is 1.18. The van der Waals surface area contributed by atoms with Crippen LogP contribution in [0.3, 0.4) is 0 Å². The highest BCUT2D eigenvalue weighted by atomic mass is 15.0. The molecule has 0 saturated heterocycles. The molecule has 0 amide bonds. The van der Waals surface area contributed by atoms with Crippen molar-refractivity contribution < 1.29 is 0 Å². The zero-order valence-corrected chi connectivity index (χ0v) is 26.7. The van der Waals surface area contributed by atoms with Gasteiger partial charge in [0.25, 0.3) is 0 Å². The Bertz CT molecular complexity index is 2850. The number of nitriles is 3. The molecule has 0 aliphatic rings. The first-order chi connectivity index (χ1) is 24.7. The Balaban J connectivity index is 1.24. The van der Waals surface area contributed by atoms with Crippen molar-refractivity contribution in [2.75, 3.05) is 0 Å². The third kappa shape index (κ3) is 4.38. The largest absolute Gasteiger partial charge is 0.309 e. The number of rotatable bonds is 4. The van der Waals surface area contributed by atoms with Crippen LogP contribution in [0.5, 0.6) is 0 Å². The molecule has 0 bridgehead atoms. The van der Waals surface area contributed by atoms with E-state index in [2.05, 4.69) is 118 Å². The molecule has 0 saturated carbocycles. The van der Waals surface area contributed by atoms with Gasteiger partial charge in [-0.2, -0.15) is 15.8 Å². The molecule has 0 N–H and O–H groups in total. The molecule has 0 aliphatic carbocycles. The second kappa shape index (κ2) is 11.4. The average molecular weight is 636 g/mol. The number of aromatic nitrogens is 2.